The van der Waals surface area contributed by atoms with Gasteiger partial charge in [-0.25, -0.2) is 4.39 Å². The minimum absolute atomic E-state index is 0.0551. The second-order valence-electron chi connectivity index (χ2n) is 6.64. The number of carbonyl (C=O) groups is 2. The maximum atomic E-state index is 14.3. The van der Waals surface area contributed by atoms with E-state index in [0.717, 1.165) is 6.07 Å². The Hall–Kier alpha value is -2.11. The molecule has 1 atom stereocenters. The Balaban J connectivity index is 2.44. The molecule has 22 heavy (non-hydrogen) atoms. The number of halogens is 1. The standard InChI is InChI=1S/C16H21FN2O3/c1-9-8-22-13-6-10(14(18)20)5-12(17)11(13)7-19(9)15(21)16(2,3)4/h5-6,9H,7-8H2,1-4H3,(H2,18,20). The Labute approximate surface area is 129 Å². The van der Waals surface area contributed by atoms with Crippen LogP contribution in [0.4, 0.5) is 4.39 Å². The van der Waals surface area contributed by atoms with Crippen LogP contribution < -0.4 is 10.5 Å². The molecule has 0 fully saturated rings. The number of rotatable bonds is 1. The monoisotopic (exact) mass is 308 g/mol. The van der Waals surface area contributed by atoms with Crippen LogP contribution in [0.15, 0.2) is 12.1 Å². The summed E-state index contributed by atoms with van der Waals surface area (Å²) in [6.07, 6.45) is 0. The molecule has 2 N–H and O–H groups in total. The zero-order valence-electron chi connectivity index (χ0n) is 13.3. The van der Waals surface area contributed by atoms with E-state index in [2.05, 4.69) is 0 Å². The van der Waals surface area contributed by atoms with Crippen LogP contribution in [0.25, 0.3) is 0 Å². The number of ether oxygens (including phenoxy) is 1. The fraction of sp³-hybridized carbons (Fsp3) is 0.500. The third-order valence-electron chi connectivity index (χ3n) is 3.68. The average molecular weight is 308 g/mol. The van der Waals surface area contributed by atoms with Gasteiger partial charge in [0.2, 0.25) is 11.8 Å². The van der Waals surface area contributed by atoms with Crippen molar-refractivity contribution in [3.63, 3.8) is 0 Å². The molecule has 2 rings (SSSR count). The molecule has 0 radical (unpaired) electrons. The summed E-state index contributed by atoms with van der Waals surface area (Å²) in [6.45, 7) is 7.65. The van der Waals surface area contributed by atoms with E-state index >= 15 is 0 Å². The van der Waals surface area contributed by atoms with Gasteiger partial charge in [-0.1, -0.05) is 20.8 Å². The molecule has 1 aliphatic heterocycles. The van der Waals surface area contributed by atoms with Crippen LogP contribution >= 0.6 is 0 Å². The molecule has 0 aromatic heterocycles. The first-order chi connectivity index (χ1) is 10.1. The smallest absolute Gasteiger partial charge is 0.248 e. The van der Waals surface area contributed by atoms with Gasteiger partial charge in [0.1, 0.15) is 18.2 Å². The molecule has 0 saturated carbocycles. The van der Waals surface area contributed by atoms with Crippen LogP contribution in [0.2, 0.25) is 0 Å². The first kappa shape index (κ1) is 16.3. The van der Waals surface area contributed by atoms with Crippen molar-refractivity contribution in [1.82, 2.24) is 4.90 Å². The third-order valence-corrected chi connectivity index (χ3v) is 3.68. The number of primary amides is 1. The van der Waals surface area contributed by atoms with Gasteiger partial charge in [0, 0.05) is 16.5 Å². The molecule has 2 amide bonds. The zero-order chi connectivity index (χ0) is 16.7. The predicted octanol–water partition coefficient (Wildman–Crippen LogP) is 2.08. The summed E-state index contributed by atoms with van der Waals surface area (Å²) in [5, 5.41) is 0. The number of carbonyl (C=O) groups excluding carboxylic acids is 2. The first-order valence-electron chi connectivity index (χ1n) is 7.17. The van der Waals surface area contributed by atoms with Crippen molar-refractivity contribution in [2.45, 2.75) is 40.3 Å². The fourth-order valence-electron chi connectivity index (χ4n) is 2.37. The van der Waals surface area contributed by atoms with Crippen LogP contribution in [-0.4, -0.2) is 29.4 Å². The summed E-state index contributed by atoms with van der Waals surface area (Å²) < 4.78 is 19.9. The summed E-state index contributed by atoms with van der Waals surface area (Å²) in [5.41, 5.74) is 4.95. The number of amides is 2. The van der Waals surface area contributed by atoms with Crippen molar-refractivity contribution in [2.24, 2.45) is 11.1 Å². The highest BCUT2D eigenvalue weighted by atomic mass is 19.1. The second kappa shape index (κ2) is 5.59. The Morgan fingerprint density at radius 2 is 2.00 bits per heavy atom. The Bertz CT molecular complexity index is 623. The van der Waals surface area contributed by atoms with E-state index in [4.69, 9.17) is 10.5 Å². The number of nitrogens with two attached hydrogens (primary N) is 1. The Kier molecular flexibility index (Phi) is 4.13. The molecule has 1 aliphatic rings. The number of benzene rings is 1. The molecule has 1 aromatic carbocycles. The molecule has 6 heteroatoms. The Morgan fingerprint density at radius 3 is 2.55 bits per heavy atom. The van der Waals surface area contributed by atoms with Gasteiger partial charge >= 0.3 is 0 Å². The zero-order valence-corrected chi connectivity index (χ0v) is 13.3. The third kappa shape index (κ3) is 3.05. The second-order valence-corrected chi connectivity index (χ2v) is 6.64. The van der Waals surface area contributed by atoms with Crippen LogP contribution in [0.3, 0.4) is 0 Å². The van der Waals surface area contributed by atoms with E-state index in [1.165, 1.54) is 6.07 Å². The lowest BCUT2D eigenvalue weighted by Gasteiger charge is -2.32. The van der Waals surface area contributed by atoms with Gasteiger partial charge in [-0.3, -0.25) is 9.59 Å². The topological polar surface area (TPSA) is 72.6 Å². The van der Waals surface area contributed by atoms with Crippen LogP contribution in [0.1, 0.15) is 43.6 Å². The quantitative estimate of drug-likeness (QED) is 0.863. The van der Waals surface area contributed by atoms with Crippen LogP contribution in [0, 0.1) is 11.2 Å². The lowest BCUT2D eigenvalue weighted by molar-refractivity contribution is -0.142. The van der Waals surface area contributed by atoms with Crippen LogP contribution in [-0.2, 0) is 11.3 Å². The maximum absolute atomic E-state index is 14.3. The maximum Gasteiger partial charge on any atom is 0.248 e. The van der Waals surface area contributed by atoms with Gasteiger partial charge in [0.15, 0.2) is 0 Å². The average Bonchev–Trinajstić information content (AvgIpc) is 2.57. The largest absolute Gasteiger partial charge is 0.491 e. The Morgan fingerprint density at radius 1 is 1.36 bits per heavy atom. The lowest BCUT2D eigenvalue weighted by atomic mass is 9.93. The van der Waals surface area contributed by atoms with E-state index < -0.39 is 17.1 Å². The summed E-state index contributed by atoms with van der Waals surface area (Å²) in [6, 6.07) is 2.31. The van der Waals surface area contributed by atoms with Crippen molar-refractivity contribution in [2.75, 3.05) is 6.61 Å². The highest BCUT2D eigenvalue weighted by Gasteiger charge is 2.34. The molecular weight excluding hydrogens is 287 g/mol. The van der Waals surface area contributed by atoms with Gasteiger partial charge in [-0.05, 0) is 19.1 Å². The van der Waals surface area contributed by atoms with E-state index in [-0.39, 0.29) is 42.0 Å². The number of fused-ring (bicyclic) bond motifs is 1. The molecule has 5 nitrogen and oxygen atoms in total. The van der Waals surface area contributed by atoms with Gasteiger partial charge < -0.3 is 15.4 Å². The number of hydrogen-bond donors (Lipinski definition) is 1. The minimum atomic E-state index is -0.717. The molecular formula is C16H21FN2O3. The van der Waals surface area contributed by atoms with Crippen molar-refractivity contribution >= 4 is 11.8 Å². The highest BCUT2D eigenvalue weighted by Crippen LogP contribution is 2.31. The van der Waals surface area contributed by atoms with Gasteiger partial charge in [-0.15, -0.1) is 0 Å². The SMILES string of the molecule is CC1COc2cc(C(N)=O)cc(F)c2CN1C(=O)C(C)(C)C. The van der Waals surface area contributed by atoms with E-state index in [0.29, 0.717) is 0 Å². The van der Waals surface area contributed by atoms with E-state index in [9.17, 15) is 14.0 Å². The van der Waals surface area contributed by atoms with Gasteiger partial charge in [0.25, 0.3) is 0 Å². The van der Waals surface area contributed by atoms with Crippen molar-refractivity contribution in [1.29, 1.82) is 0 Å². The van der Waals surface area contributed by atoms with E-state index in [1.807, 2.05) is 27.7 Å². The molecule has 0 spiro atoms. The molecule has 1 aromatic rings. The van der Waals surface area contributed by atoms with Crippen molar-refractivity contribution in [3.8, 4) is 5.75 Å². The van der Waals surface area contributed by atoms with Gasteiger partial charge in [0.05, 0.1) is 12.6 Å². The number of hydrogen-bond acceptors (Lipinski definition) is 3. The highest BCUT2D eigenvalue weighted by molar-refractivity contribution is 5.93. The summed E-state index contributed by atoms with van der Waals surface area (Å²) in [4.78, 5) is 25.4. The molecule has 1 unspecified atom stereocenters. The van der Waals surface area contributed by atoms with Crippen LogP contribution in [0.5, 0.6) is 5.75 Å². The molecule has 0 bridgehead atoms. The molecule has 0 aliphatic carbocycles. The first-order valence-corrected chi connectivity index (χ1v) is 7.17. The molecule has 0 saturated heterocycles. The van der Waals surface area contributed by atoms with Gasteiger partial charge in [-0.2, -0.15) is 0 Å². The minimum Gasteiger partial charge on any atom is -0.491 e. The normalized spacial score (nSPS) is 18.2. The fourth-order valence-corrected chi connectivity index (χ4v) is 2.37. The lowest BCUT2D eigenvalue weighted by Crippen LogP contribution is -2.45. The number of nitrogens with zero attached hydrogens (tertiary/aromatic N) is 1. The summed E-state index contributed by atoms with van der Waals surface area (Å²) >= 11 is 0. The van der Waals surface area contributed by atoms with E-state index in [1.54, 1.807) is 4.90 Å². The van der Waals surface area contributed by atoms with Crippen molar-refractivity contribution in [3.05, 3.63) is 29.1 Å². The molecule has 120 valence electrons. The predicted molar refractivity (Wildman–Crippen MR) is 79.9 cm³/mol. The molecule has 1 heterocycles. The van der Waals surface area contributed by atoms with Crippen molar-refractivity contribution < 1.29 is 18.7 Å². The summed E-state index contributed by atoms with van der Waals surface area (Å²) in [7, 11) is 0. The summed E-state index contributed by atoms with van der Waals surface area (Å²) in [5.74, 6) is -1.11.